The molecular weight excluding hydrogens is 402 g/mol. The number of hydrogen-bond acceptors (Lipinski definition) is 6. The summed E-state index contributed by atoms with van der Waals surface area (Å²) in [6.07, 6.45) is 4.40. The van der Waals surface area contributed by atoms with Gasteiger partial charge in [-0.05, 0) is 44.5 Å². The molecule has 0 saturated heterocycles. The van der Waals surface area contributed by atoms with E-state index in [4.69, 9.17) is 4.74 Å². The molecule has 1 aliphatic heterocycles. The van der Waals surface area contributed by atoms with Crippen LogP contribution in [0.3, 0.4) is 0 Å². The molecule has 3 heterocycles. The molecule has 0 fully saturated rings. The zero-order valence-electron chi connectivity index (χ0n) is 18.7. The summed E-state index contributed by atoms with van der Waals surface area (Å²) < 4.78 is 5.91. The van der Waals surface area contributed by atoms with Gasteiger partial charge in [-0.3, -0.25) is 9.78 Å². The van der Waals surface area contributed by atoms with E-state index in [9.17, 15) is 4.79 Å². The zero-order chi connectivity index (χ0) is 22.6. The Morgan fingerprint density at radius 1 is 1.12 bits per heavy atom. The van der Waals surface area contributed by atoms with Crippen LogP contribution in [0.1, 0.15) is 28.5 Å². The van der Waals surface area contributed by atoms with Gasteiger partial charge in [-0.2, -0.15) is 0 Å². The normalized spacial score (nSPS) is 14.1. The van der Waals surface area contributed by atoms with Gasteiger partial charge in [-0.15, -0.1) is 0 Å². The van der Waals surface area contributed by atoms with Crippen LogP contribution in [0.15, 0.2) is 67.0 Å². The highest BCUT2D eigenvalue weighted by molar-refractivity contribution is 5.95. The first kappa shape index (κ1) is 23.2. The highest BCUT2D eigenvalue weighted by Gasteiger charge is 2.21. The van der Waals surface area contributed by atoms with Gasteiger partial charge in [0.25, 0.3) is 5.91 Å². The summed E-state index contributed by atoms with van der Waals surface area (Å²) in [6.45, 7) is 6.73. The van der Waals surface area contributed by atoms with Gasteiger partial charge in [0.15, 0.2) is 0 Å². The van der Waals surface area contributed by atoms with Gasteiger partial charge in [-0.25, -0.2) is 4.98 Å². The largest absolute Gasteiger partial charge is 0.470 e. The number of anilines is 1. The number of hydrogen-bond donors (Lipinski definition) is 3. The predicted octanol–water partition coefficient (Wildman–Crippen LogP) is 3.23. The number of amides is 1. The molecule has 0 saturated carbocycles. The van der Waals surface area contributed by atoms with Crippen molar-refractivity contribution in [2.75, 3.05) is 31.5 Å². The van der Waals surface area contributed by atoms with E-state index in [0.29, 0.717) is 24.5 Å². The molecular formula is C25H31N5O2. The number of ether oxygens (including phenoxy) is 1. The molecule has 32 heavy (non-hydrogen) atoms. The van der Waals surface area contributed by atoms with Gasteiger partial charge in [0.05, 0.1) is 17.8 Å². The van der Waals surface area contributed by atoms with Gasteiger partial charge in [-0.1, -0.05) is 42.5 Å². The molecule has 4 rings (SSSR count). The molecule has 7 heteroatoms. The maximum Gasteiger partial charge on any atom is 0.252 e. The molecule has 3 aromatic rings. The number of rotatable bonds is 7. The van der Waals surface area contributed by atoms with Crippen LogP contribution in [-0.4, -0.2) is 48.2 Å². The predicted molar refractivity (Wildman–Crippen MR) is 127 cm³/mol. The van der Waals surface area contributed by atoms with Crippen LogP contribution >= 0.6 is 0 Å². The van der Waals surface area contributed by atoms with Crippen molar-refractivity contribution in [3.63, 3.8) is 0 Å². The first-order valence-electron chi connectivity index (χ1n) is 11.0. The molecule has 1 atom stereocenters. The van der Waals surface area contributed by atoms with Crippen molar-refractivity contribution >= 4 is 11.6 Å². The Morgan fingerprint density at radius 3 is 2.53 bits per heavy atom. The summed E-state index contributed by atoms with van der Waals surface area (Å²) in [7, 11) is 0. The molecule has 2 aromatic heterocycles. The first-order valence-corrected chi connectivity index (χ1v) is 11.0. The lowest BCUT2D eigenvalue weighted by Gasteiger charge is -2.27. The summed E-state index contributed by atoms with van der Waals surface area (Å²) in [5.74, 6) is 0.415. The number of aryl methyl sites for hydroxylation is 1. The number of benzene rings is 1. The summed E-state index contributed by atoms with van der Waals surface area (Å²) in [4.78, 5) is 20.5. The van der Waals surface area contributed by atoms with Crippen LogP contribution in [0.5, 0.6) is 5.88 Å². The topological polar surface area (TPSA) is 88.2 Å². The maximum absolute atomic E-state index is 11.9. The number of pyridine rings is 2. The van der Waals surface area contributed by atoms with E-state index in [-0.39, 0.29) is 12.0 Å². The van der Waals surface area contributed by atoms with E-state index in [1.54, 1.807) is 12.3 Å². The summed E-state index contributed by atoms with van der Waals surface area (Å²) in [5.41, 5.74) is 3.54. The first-order chi connectivity index (χ1) is 15.7. The molecule has 1 aromatic carbocycles. The van der Waals surface area contributed by atoms with Gasteiger partial charge in [0, 0.05) is 31.2 Å². The van der Waals surface area contributed by atoms with Gasteiger partial charge < -0.3 is 20.7 Å². The average Bonchev–Trinajstić information content (AvgIpc) is 2.84. The lowest BCUT2D eigenvalue weighted by atomic mass is 10.2. The number of carbonyl (C=O) groups is 1. The molecule has 7 nitrogen and oxygen atoms in total. The lowest BCUT2D eigenvalue weighted by molar-refractivity contribution is 0.0955. The van der Waals surface area contributed by atoms with Crippen LogP contribution < -0.4 is 20.7 Å². The number of fused-ring (bicyclic) bond motifs is 1. The molecule has 0 radical (unpaired) electrons. The van der Waals surface area contributed by atoms with E-state index in [1.165, 1.54) is 5.56 Å². The van der Waals surface area contributed by atoms with E-state index in [2.05, 4.69) is 32.0 Å². The minimum atomic E-state index is -0.126. The minimum Gasteiger partial charge on any atom is -0.470 e. The lowest BCUT2D eigenvalue weighted by Crippen LogP contribution is -2.40. The fraction of sp³-hybridized carbons (Fsp3) is 0.320. The minimum absolute atomic E-state index is 0.00135. The molecule has 3 N–H and O–H groups in total. The third-order valence-electron chi connectivity index (χ3n) is 4.85. The quantitative estimate of drug-likeness (QED) is 0.496. The Labute approximate surface area is 189 Å². The van der Waals surface area contributed by atoms with Gasteiger partial charge >= 0.3 is 0 Å². The average molecular weight is 434 g/mol. The molecule has 0 aliphatic carbocycles. The van der Waals surface area contributed by atoms with E-state index < -0.39 is 0 Å². The Balaban J connectivity index is 0.000000416. The van der Waals surface area contributed by atoms with Crippen molar-refractivity contribution in [3.8, 4) is 5.88 Å². The van der Waals surface area contributed by atoms with E-state index >= 15 is 0 Å². The Bertz CT molecular complexity index is 937. The van der Waals surface area contributed by atoms with Crippen LogP contribution in [0.4, 0.5) is 5.69 Å². The fourth-order valence-corrected chi connectivity index (χ4v) is 3.12. The number of carbonyl (C=O) groups excluding carboxylic acids is 1. The molecule has 168 valence electrons. The van der Waals surface area contributed by atoms with Crippen LogP contribution in [0, 0.1) is 6.92 Å². The second-order valence-electron chi connectivity index (χ2n) is 7.47. The van der Waals surface area contributed by atoms with Crippen molar-refractivity contribution in [3.05, 3.63) is 83.8 Å². The molecule has 1 amide bonds. The van der Waals surface area contributed by atoms with Crippen molar-refractivity contribution in [1.29, 1.82) is 0 Å². The second kappa shape index (κ2) is 12.4. The number of nitrogens with zero attached hydrogens (tertiary/aromatic N) is 2. The third-order valence-corrected chi connectivity index (χ3v) is 4.85. The Hall–Kier alpha value is -3.45. The number of nitrogens with one attached hydrogen (secondary N) is 3. The van der Waals surface area contributed by atoms with Crippen molar-refractivity contribution in [2.24, 2.45) is 0 Å². The smallest absolute Gasteiger partial charge is 0.252 e. The third kappa shape index (κ3) is 7.35. The standard InChI is InChI=1S/C19H25N5O2.C6H6/c1-3-21-18(25)15-8-17-19(24-10-15)26-16(12-23-17)11-20-7-6-14-5-4-13(2)22-9-14;1-2-4-6-5-3-1/h4-5,8-10,16,20,23H,3,6-7,11-12H2,1-2H3,(H,21,25);1-6H. The highest BCUT2D eigenvalue weighted by atomic mass is 16.5. The van der Waals surface area contributed by atoms with E-state index in [1.807, 2.05) is 62.5 Å². The van der Waals surface area contributed by atoms with Crippen molar-refractivity contribution < 1.29 is 9.53 Å². The van der Waals surface area contributed by atoms with Crippen LogP contribution in [0.2, 0.25) is 0 Å². The summed E-state index contributed by atoms with van der Waals surface area (Å²) in [6, 6.07) is 17.9. The van der Waals surface area contributed by atoms with Gasteiger partial charge in [0.2, 0.25) is 5.88 Å². The Morgan fingerprint density at radius 2 is 1.88 bits per heavy atom. The van der Waals surface area contributed by atoms with Gasteiger partial charge in [0.1, 0.15) is 6.10 Å². The van der Waals surface area contributed by atoms with Crippen LogP contribution in [-0.2, 0) is 6.42 Å². The van der Waals surface area contributed by atoms with Crippen LogP contribution in [0.25, 0.3) is 0 Å². The SMILES string of the molecule is CCNC(=O)c1cnc2c(c1)NCC(CNCCc1ccc(C)nc1)O2.c1ccccc1. The monoisotopic (exact) mass is 433 g/mol. The molecule has 1 unspecified atom stereocenters. The maximum atomic E-state index is 11.9. The highest BCUT2D eigenvalue weighted by Crippen LogP contribution is 2.27. The molecule has 1 aliphatic rings. The molecule has 0 bridgehead atoms. The second-order valence-corrected chi connectivity index (χ2v) is 7.47. The summed E-state index contributed by atoms with van der Waals surface area (Å²) in [5, 5.41) is 9.47. The number of aromatic nitrogens is 2. The zero-order valence-corrected chi connectivity index (χ0v) is 18.7. The van der Waals surface area contributed by atoms with E-state index in [0.717, 1.165) is 30.9 Å². The van der Waals surface area contributed by atoms with Crippen molar-refractivity contribution in [2.45, 2.75) is 26.4 Å². The van der Waals surface area contributed by atoms with Crippen molar-refractivity contribution in [1.82, 2.24) is 20.6 Å². The Kier molecular flexibility index (Phi) is 9.01. The summed E-state index contributed by atoms with van der Waals surface area (Å²) >= 11 is 0. The molecule has 0 spiro atoms. The fourth-order valence-electron chi connectivity index (χ4n) is 3.12.